The molecule has 2 aromatic carbocycles. The lowest BCUT2D eigenvalue weighted by atomic mass is 10.1. The van der Waals surface area contributed by atoms with E-state index in [9.17, 15) is 9.90 Å². The van der Waals surface area contributed by atoms with E-state index in [4.69, 9.17) is 16.6 Å². The van der Waals surface area contributed by atoms with Gasteiger partial charge in [-0.25, -0.2) is 0 Å². The molecule has 8 N–H and O–H groups in total. The molecular weight excluding hydrogens is 320 g/mol. The highest BCUT2D eigenvalue weighted by Gasteiger charge is 2.05. The van der Waals surface area contributed by atoms with Crippen molar-refractivity contribution in [3.63, 3.8) is 0 Å². The Balaban J connectivity index is 2.06. The molecular formula is C18H22N4O3. The van der Waals surface area contributed by atoms with Gasteiger partial charge < -0.3 is 32.3 Å². The van der Waals surface area contributed by atoms with Crippen LogP contribution in [0.5, 0.6) is 0 Å². The highest BCUT2D eigenvalue weighted by Crippen LogP contribution is 2.20. The maximum atomic E-state index is 12.0. The SMILES string of the molecule is Nc1ccc(NC(=O)C=Cc2cc(N)ccc2NCC(O)CO)cc1. The first-order valence-corrected chi connectivity index (χ1v) is 7.75. The van der Waals surface area contributed by atoms with Crippen molar-refractivity contribution in [2.75, 3.05) is 35.3 Å². The number of nitrogens with two attached hydrogens (primary N) is 2. The topological polar surface area (TPSA) is 134 Å². The largest absolute Gasteiger partial charge is 0.399 e. The molecule has 2 rings (SSSR count). The highest BCUT2D eigenvalue weighted by atomic mass is 16.3. The third kappa shape index (κ3) is 5.83. The molecule has 0 heterocycles. The summed E-state index contributed by atoms with van der Waals surface area (Å²) in [5.74, 6) is -0.298. The summed E-state index contributed by atoms with van der Waals surface area (Å²) in [7, 11) is 0. The number of aliphatic hydroxyl groups excluding tert-OH is 2. The molecule has 2 aromatic rings. The summed E-state index contributed by atoms with van der Waals surface area (Å²) in [5, 5.41) is 24.0. The van der Waals surface area contributed by atoms with E-state index in [2.05, 4.69) is 10.6 Å². The highest BCUT2D eigenvalue weighted by molar-refractivity contribution is 6.02. The molecule has 25 heavy (non-hydrogen) atoms. The van der Waals surface area contributed by atoms with Crippen LogP contribution in [0.2, 0.25) is 0 Å². The maximum Gasteiger partial charge on any atom is 0.248 e. The van der Waals surface area contributed by atoms with Crippen LogP contribution < -0.4 is 22.1 Å². The number of carbonyl (C=O) groups excluding carboxylic acids is 1. The van der Waals surface area contributed by atoms with Crippen molar-refractivity contribution in [2.45, 2.75) is 6.10 Å². The summed E-state index contributed by atoms with van der Waals surface area (Å²) in [4.78, 5) is 12.0. The van der Waals surface area contributed by atoms with Gasteiger partial charge >= 0.3 is 0 Å². The van der Waals surface area contributed by atoms with E-state index < -0.39 is 6.10 Å². The number of carbonyl (C=O) groups is 1. The Hall–Kier alpha value is -3.03. The quantitative estimate of drug-likeness (QED) is 0.331. The van der Waals surface area contributed by atoms with E-state index in [1.165, 1.54) is 6.08 Å². The summed E-state index contributed by atoms with van der Waals surface area (Å²) in [6, 6.07) is 12.0. The summed E-state index contributed by atoms with van der Waals surface area (Å²) in [6.45, 7) is -0.157. The standard InChI is InChI=1S/C18H22N4O3/c19-13-2-5-15(6-3-13)22-18(25)8-1-12-9-14(20)4-7-17(12)21-10-16(24)11-23/h1-9,16,21,23-24H,10-11,19-20H2,(H,22,25). The number of hydrogen-bond donors (Lipinski definition) is 6. The molecule has 0 bridgehead atoms. The first kappa shape index (κ1) is 18.3. The summed E-state index contributed by atoms with van der Waals surface area (Å²) in [6.07, 6.45) is 2.14. The Bertz CT molecular complexity index is 744. The number of nitrogen functional groups attached to an aromatic ring is 2. The molecule has 0 radical (unpaired) electrons. The van der Waals surface area contributed by atoms with Crippen LogP contribution in [0.1, 0.15) is 5.56 Å². The zero-order valence-electron chi connectivity index (χ0n) is 13.6. The number of nitrogens with one attached hydrogen (secondary N) is 2. The third-order valence-corrected chi connectivity index (χ3v) is 3.41. The van der Waals surface area contributed by atoms with Crippen molar-refractivity contribution < 1.29 is 15.0 Å². The van der Waals surface area contributed by atoms with Crippen molar-refractivity contribution >= 4 is 34.7 Å². The van der Waals surface area contributed by atoms with Gasteiger partial charge in [-0.05, 0) is 54.1 Å². The van der Waals surface area contributed by atoms with Gasteiger partial charge in [-0.1, -0.05) is 0 Å². The third-order valence-electron chi connectivity index (χ3n) is 3.41. The van der Waals surface area contributed by atoms with E-state index in [0.717, 1.165) is 0 Å². The van der Waals surface area contributed by atoms with Crippen molar-refractivity contribution in [1.82, 2.24) is 0 Å². The second-order valence-corrected chi connectivity index (χ2v) is 5.51. The minimum Gasteiger partial charge on any atom is -0.399 e. The Morgan fingerprint density at radius 1 is 1.12 bits per heavy atom. The molecule has 7 nitrogen and oxygen atoms in total. The van der Waals surface area contributed by atoms with Gasteiger partial charge in [0.15, 0.2) is 0 Å². The molecule has 0 fully saturated rings. The van der Waals surface area contributed by atoms with E-state index >= 15 is 0 Å². The van der Waals surface area contributed by atoms with Crippen molar-refractivity contribution in [1.29, 1.82) is 0 Å². The molecule has 0 aromatic heterocycles. The van der Waals surface area contributed by atoms with Crippen LogP contribution in [0.25, 0.3) is 6.08 Å². The average molecular weight is 342 g/mol. The molecule has 0 saturated heterocycles. The predicted octanol–water partition coefficient (Wildman–Crippen LogP) is 1.27. The lowest BCUT2D eigenvalue weighted by Gasteiger charge is -2.13. The normalized spacial score (nSPS) is 12.1. The smallest absolute Gasteiger partial charge is 0.248 e. The van der Waals surface area contributed by atoms with Crippen LogP contribution in [-0.4, -0.2) is 35.4 Å². The van der Waals surface area contributed by atoms with Gasteiger partial charge in [0.2, 0.25) is 5.91 Å². The number of rotatable bonds is 7. The van der Waals surface area contributed by atoms with E-state index in [-0.39, 0.29) is 19.1 Å². The summed E-state index contributed by atoms with van der Waals surface area (Å²) in [5.41, 5.74) is 14.6. The molecule has 1 unspecified atom stereocenters. The van der Waals surface area contributed by atoms with Gasteiger partial charge in [-0.2, -0.15) is 0 Å². The zero-order chi connectivity index (χ0) is 18.2. The van der Waals surface area contributed by atoms with Gasteiger partial charge in [0.25, 0.3) is 0 Å². The molecule has 0 aliphatic rings. The van der Waals surface area contributed by atoms with Crippen LogP contribution in [-0.2, 0) is 4.79 Å². The van der Waals surface area contributed by atoms with Gasteiger partial charge in [-0.15, -0.1) is 0 Å². The Kier molecular flexibility index (Phi) is 6.39. The van der Waals surface area contributed by atoms with E-state index in [1.54, 1.807) is 48.5 Å². The van der Waals surface area contributed by atoms with Gasteiger partial charge in [0.1, 0.15) is 0 Å². The molecule has 1 atom stereocenters. The van der Waals surface area contributed by atoms with Crippen molar-refractivity contribution in [2.24, 2.45) is 0 Å². The minimum atomic E-state index is -0.872. The Morgan fingerprint density at radius 2 is 1.80 bits per heavy atom. The average Bonchev–Trinajstić information content (AvgIpc) is 2.60. The minimum absolute atomic E-state index is 0.179. The van der Waals surface area contributed by atoms with Crippen LogP contribution in [0.3, 0.4) is 0 Å². The molecule has 0 aliphatic heterocycles. The van der Waals surface area contributed by atoms with Crippen molar-refractivity contribution in [3.8, 4) is 0 Å². The maximum absolute atomic E-state index is 12.0. The fraction of sp³-hybridized carbons (Fsp3) is 0.167. The summed E-state index contributed by atoms with van der Waals surface area (Å²) < 4.78 is 0. The summed E-state index contributed by atoms with van der Waals surface area (Å²) >= 11 is 0. The number of aliphatic hydroxyl groups is 2. The predicted molar refractivity (Wildman–Crippen MR) is 101 cm³/mol. The van der Waals surface area contributed by atoms with Crippen molar-refractivity contribution in [3.05, 3.63) is 54.1 Å². The Labute approximate surface area is 146 Å². The number of amides is 1. The monoisotopic (exact) mass is 342 g/mol. The molecule has 132 valence electrons. The molecule has 0 aliphatic carbocycles. The molecule has 0 saturated carbocycles. The fourth-order valence-electron chi connectivity index (χ4n) is 2.09. The molecule has 1 amide bonds. The molecule has 0 spiro atoms. The fourth-order valence-corrected chi connectivity index (χ4v) is 2.09. The van der Waals surface area contributed by atoms with E-state index in [1.807, 2.05) is 0 Å². The van der Waals surface area contributed by atoms with E-state index in [0.29, 0.717) is 28.3 Å². The zero-order valence-corrected chi connectivity index (χ0v) is 13.6. The van der Waals surface area contributed by atoms with Crippen LogP contribution in [0, 0.1) is 0 Å². The van der Waals surface area contributed by atoms with Gasteiger partial charge in [-0.3, -0.25) is 4.79 Å². The number of benzene rings is 2. The molecule has 7 heteroatoms. The number of hydrogen-bond acceptors (Lipinski definition) is 6. The first-order valence-electron chi connectivity index (χ1n) is 7.75. The van der Waals surface area contributed by atoms with Gasteiger partial charge in [0.05, 0.1) is 12.7 Å². The van der Waals surface area contributed by atoms with Crippen LogP contribution >= 0.6 is 0 Å². The Morgan fingerprint density at radius 3 is 2.48 bits per heavy atom. The lowest BCUT2D eigenvalue weighted by molar-refractivity contribution is -0.111. The second kappa shape index (κ2) is 8.72. The first-order chi connectivity index (χ1) is 12.0. The lowest BCUT2D eigenvalue weighted by Crippen LogP contribution is -2.23. The van der Waals surface area contributed by atoms with Gasteiger partial charge in [0, 0.05) is 35.4 Å². The van der Waals surface area contributed by atoms with Crippen LogP contribution in [0.15, 0.2) is 48.5 Å². The number of anilines is 4. The second-order valence-electron chi connectivity index (χ2n) is 5.51. The van der Waals surface area contributed by atoms with Crippen LogP contribution in [0.4, 0.5) is 22.7 Å².